The van der Waals surface area contributed by atoms with Gasteiger partial charge < -0.3 is 10.6 Å². The number of rotatable bonds is 4. The molecular formula is C12H17Cl2N3O. The number of aromatic nitrogens is 1. The van der Waals surface area contributed by atoms with Crippen molar-refractivity contribution < 1.29 is 4.79 Å². The molecule has 1 heterocycles. The van der Waals surface area contributed by atoms with Crippen LogP contribution in [0.5, 0.6) is 0 Å². The van der Waals surface area contributed by atoms with E-state index in [-0.39, 0.29) is 11.1 Å². The lowest BCUT2D eigenvalue weighted by Gasteiger charge is -2.25. The molecule has 0 aliphatic heterocycles. The molecule has 6 heteroatoms. The number of carbonyl (C=O) groups is 1. The van der Waals surface area contributed by atoms with Crippen molar-refractivity contribution in [3.8, 4) is 0 Å². The summed E-state index contributed by atoms with van der Waals surface area (Å²) in [5.74, 6) is -0.168. The highest BCUT2D eigenvalue weighted by molar-refractivity contribution is 6.34. The zero-order valence-electron chi connectivity index (χ0n) is 10.9. The van der Waals surface area contributed by atoms with Crippen LogP contribution in [0.15, 0.2) is 6.07 Å². The summed E-state index contributed by atoms with van der Waals surface area (Å²) in [7, 11) is 0. The summed E-state index contributed by atoms with van der Waals surface area (Å²) in [6.45, 7) is 8.06. The van der Waals surface area contributed by atoms with Crippen LogP contribution < -0.4 is 10.6 Å². The third-order valence-corrected chi connectivity index (χ3v) is 3.03. The highest BCUT2D eigenvalue weighted by Crippen LogP contribution is 2.27. The Kier molecular flexibility index (Phi) is 4.96. The average Bonchev–Trinajstić information content (AvgIpc) is 2.22. The molecule has 0 saturated heterocycles. The highest BCUT2D eigenvalue weighted by Gasteiger charge is 2.27. The standard InChI is InChI=1S/C12H17Cl2N3O/c1-5-15-12(3,4)11(18)17-9-7(2)6-8(13)16-10(9)14/h6,15H,5H2,1-4H3,(H,17,18). The Hall–Kier alpha value is -0.840. The largest absolute Gasteiger partial charge is 0.322 e. The predicted molar refractivity (Wildman–Crippen MR) is 75.4 cm³/mol. The van der Waals surface area contributed by atoms with Crippen molar-refractivity contribution >= 4 is 34.8 Å². The quantitative estimate of drug-likeness (QED) is 0.838. The second-order valence-electron chi connectivity index (χ2n) is 4.54. The summed E-state index contributed by atoms with van der Waals surface area (Å²) in [6, 6.07) is 1.66. The maximum Gasteiger partial charge on any atom is 0.244 e. The molecule has 0 aliphatic carbocycles. The molecule has 0 fully saturated rings. The Morgan fingerprint density at radius 1 is 1.44 bits per heavy atom. The van der Waals surface area contributed by atoms with Crippen molar-refractivity contribution in [2.75, 3.05) is 11.9 Å². The van der Waals surface area contributed by atoms with E-state index >= 15 is 0 Å². The van der Waals surface area contributed by atoms with E-state index < -0.39 is 5.54 Å². The minimum Gasteiger partial charge on any atom is -0.322 e. The number of amides is 1. The Labute approximate surface area is 117 Å². The Bertz CT molecular complexity index is 438. The van der Waals surface area contributed by atoms with Crippen LogP contribution in [0.1, 0.15) is 26.3 Å². The lowest BCUT2D eigenvalue weighted by atomic mass is 10.0. The minimum atomic E-state index is -0.676. The van der Waals surface area contributed by atoms with E-state index in [9.17, 15) is 4.79 Å². The second kappa shape index (κ2) is 5.87. The molecule has 2 N–H and O–H groups in total. The summed E-state index contributed by atoms with van der Waals surface area (Å²) >= 11 is 11.8. The molecule has 4 nitrogen and oxygen atoms in total. The molecule has 18 heavy (non-hydrogen) atoms. The normalized spacial score (nSPS) is 11.4. The topological polar surface area (TPSA) is 54.0 Å². The molecule has 0 saturated carbocycles. The molecule has 0 spiro atoms. The van der Waals surface area contributed by atoms with E-state index in [4.69, 9.17) is 23.2 Å². The van der Waals surface area contributed by atoms with Gasteiger partial charge in [0.2, 0.25) is 5.91 Å². The van der Waals surface area contributed by atoms with Crippen LogP contribution in [0.25, 0.3) is 0 Å². The molecule has 1 aromatic heterocycles. The number of anilines is 1. The number of nitrogens with zero attached hydrogens (tertiary/aromatic N) is 1. The van der Waals surface area contributed by atoms with Gasteiger partial charge >= 0.3 is 0 Å². The monoisotopic (exact) mass is 289 g/mol. The number of halogens is 2. The van der Waals surface area contributed by atoms with E-state index in [0.29, 0.717) is 17.4 Å². The van der Waals surface area contributed by atoms with Crippen LogP contribution in [-0.4, -0.2) is 23.0 Å². The SMILES string of the molecule is CCNC(C)(C)C(=O)Nc1c(C)cc(Cl)nc1Cl. The highest BCUT2D eigenvalue weighted by atomic mass is 35.5. The van der Waals surface area contributed by atoms with Gasteiger partial charge in [0.25, 0.3) is 0 Å². The third kappa shape index (κ3) is 3.57. The number of likely N-dealkylation sites (N-methyl/N-ethyl adjacent to an activating group) is 1. The molecule has 100 valence electrons. The molecular weight excluding hydrogens is 273 g/mol. The maximum atomic E-state index is 12.1. The fourth-order valence-electron chi connectivity index (χ4n) is 1.54. The Morgan fingerprint density at radius 3 is 2.56 bits per heavy atom. The van der Waals surface area contributed by atoms with Crippen molar-refractivity contribution in [2.45, 2.75) is 33.2 Å². The second-order valence-corrected chi connectivity index (χ2v) is 5.28. The summed E-state index contributed by atoms with van der Waals surface area (Å²) < 4.78 is 0. The molecule has 0 radical (unpaired) electrons. The Morgan fingerprint density at radius 2 is 2.06 bits per heavy atom. The number of hydrogen-bond donors (Lipinski definition) is 2. The van der Waals surface area contributed by atoms with Gasteiger partial charge in [0, 0.05) is 0 Å². The summed E-state index contributed by atoms with van der Waals surface area (Å²) in [4.78, 5) is 16.0. The van der Waals surface area contributed by atoms with Crippen LogP contribution in [0.3, 0.4) is 0 Å². The van der Waals surface area contributed by atoms with Gasteiger partial charge in [0.15, 0.2) is 5.15 Å². The zero-order valence-corrected chi connectivity index (χ0v) is 12.4. The lowest BCUT2D eigenvalue weighted by molar-refractivity contribution is -0.121. The van der Waals surface area contributed by atoms with Crippen LogP contribution in [0, 0.1) is 6.92 Å². The molecule has 1 amide bonds. The van der Waals surface area contributed by atoms with Gasteiger partial charge in [0.05, 0.1) is 11.2 Å². The van der Waals surface area contributed by atoms with Gasteiger partial charge in [-0.05, 0) is 38.9 Å². The Balaban J connectivity index is 2.95. The van der Waals surface area contributed by atoms with Crippen LogP contribution in [-0.2, 0) is 4.79 Å². The summed E-state index contributed by atoms with van der Waals surface area (Å²) in [5, 5.41) is 6.37. The van der Waals surface area contributed by atoms with E-state index in [0.717, 1.165) is 5.56 Å². The third-order valence-electron chi connectivity index (χ3n) is 2.57. The van der Waals surface area contributed by atoms with Gasteiger partial charge in [-0.25, -0.2) is 4.98 Å². The number of hydrogen-bond acceptors (Lipinski definition) is 3. The lowest BCUT2D eigenvalue weighted by Crippen LogP contribution is -2.49. The number of carbonyl (C=O) groups excluding carboxylic acids is 1. The zero-order chi connectivity index (χ0) is 13.9. The van der Waals surface area contributed by atoms with E-state index in [1.807, 2.05) is 13.8 Å². The first kappa shape index (κ1) is 15.2. The van der Waals surface area contributed by atoms with E-state index in [1.165, 1.54) is 0 Å². The summed E-state index contributed by atoms with van der Waals surface area (Å²) in [5.41, 5.74) is 0.599. The maximum absolute atomic E-state index is 12.1. The molecule has 0 bridgehead atoms. The van der Waals surface area contributed by atoms with Crippen LogP contribution in [0.2, 0.25) is 10.3 Å². The molecule has 1 rings (SSSR count). The minimum absolute atomic E-state index is 0.168. The molecule has 0 unspecified atom stereocenters. The van der Waals surface area contributed by atoms with Gasteiger partial charge in [-0.2, -0.15) is 0 Å². The first-order chi connectivity index (χ1) is 8.27. The first-order valence-corrected chi connectivity index (χ1v) is 6.42. The number of aryl methyl sites for hydroxylation is 1. The molecule has 0 atom stereocenters. The number of pyridine rings is 1. The van der Waals surface area contributed by atoms with Gasteiger partial charge in [-0.3, -0.25) is 4.79 Å². The summed E-state index contributed by atoms with van der Waals surface area (Å²) in [6.07, 6.45) is 0. The van der Waals surface area contributed by atoms with Crippen molar-refractivity contribution in [1.82, 2.24) is 10.3 Å². The van der Waals surface area contributed by atoms with E-state index in [2.05, 4.69) is 15.6 Å². The fraction of sp³-hybridized carbons (Fsp3) is 0.500. The van der Waals surface area contributed by atoms with Crippen molar-refractivity contribution in [3.63, 3.8) is 0 Å². The fourth-order valence-corrected chi connectivity index (χ4v) is 2.12. The smallest absolute Gasteiger partial charge is 0.244 e. The molecule has 0 aromatic carbocycles. The number of nitrogens with one attached hydrogen (secondary N) is 2. The first-order valence-electron chi connectivity index (χ1n) is 5.67. The molecule has 0 aliphatic rings. The van der Waals surface area contributed by atoms with Crippen molar-refractivity contribution in [3.05, 3.63) is 21.9 Å². The predicted octanol–water partition coefficient (Wildman–Crippen LogP) is 3.02. The average molecular weight is 290 g/mol. The van der Waals surface area contributed by atoms with Gasteiger partial charge in [0.1, 0.15) is 5.15 Å². The van der Waals surface area contributed by atoms with E-state index in [1.54, 1.807) is 19.9 Å². The van der Waals surface area contributed by atoms with Gasteiger partial charge in [-0.1, -0.05) is 30.1 Å². The van der Waals surface area contributed by atoms with Crippen molar-refractivity contribution in [1.29, 1.82) is 0 Å². The van der Waals surface area contributed by atoms with Crippen LogP contribution >= 0.6 is 23.2 Å². The molecule has 1 aromatic rings. The van der Waals surface area contributed by atoms with Crippen LogP contribution in [0.4, 0.5) is 5.69 Å². The van der Waals surface area contributed by atoms with Crippen molar-refractivity contribution in [2.24, 2.45) is 0 Å². The van der Waals surface area contributed by atoms with Gasteiger partial charge in [-0.15, -0.1) is 0 Å².